The number of carbonyl (C=O) groups is 1. The average molecular weight is 303 g/mol. The van der Waals surface area contributed by atoms with Crippen LogP contribution in [0.5, 0.6) is 0 Å². The normalized spacial score (nSPS) is 12.5. The van der Waals surface area contributed by atoms with Gasteiger partial charge in [-0.25, -0.2) is 0 Å². The van der Waals surface area contributed by atoms with Crippen molar-refractivity contribution in [3.63, 3.8) is 0 Å². The van der Waals surface area contributed by atoms with Gasteiger partial charge < -0.3 is 13.7 Å². The van der Waals surface area contributed by atoms with Crippen molar-refractivity contribution in [3.8, 4) is 0 Å². The first kappa shape index (κ1) is 16.4. The quantitative estimate of drug-likeness (QED) is 0.724. The van der Waals surface area contributed by atoms with E-state index >= 15 is 0 Å². The topological polar surface area (TPSA) is 46.6 Å². The van der Waals surface area contributed by atoms with E-state index in [1.54, 1.807) is 12.5 Å². The summed E-state index contributed by atoms with van der Waals surface area (Å²) in [5.74, 6) is 2.75. The number of hydrogen-bond donors (Lipinski definition) is 0. The molecule has 0 aliphatic heterocycles. The lowest BCUT2D eigenvalue weighted by Gasteiger charge is -2.25. The predicted molar refractivity (Wildman–Crippen MR) is 85.3 cm³/mol. The Labute approximate surface area is 132 Å². The van der Waals surface area contributed by atoms with Crippen molar-refractivity contribution in [1.82, 2.24) is 4.90 Å². The Balaban J connectivity index is 2.01. The highest BCUT2D eigenvalue weighted by Gasteiger charge is 2.21. The van der Waals surface area contributed by atoms with Crippen LogP contribution in [0.4, 0.5) is 0 Å². The van der Waals surface area contributed by atoms with E-state index < -0.39 is 0 Å². The number of hydrogen-bond acceptors (Lipinski definition) is 3. The Kier molecular flexibility index (Phi) is 5.87. The number of amides is 1. The third-order valence-corrected chi connectivity index (χ3v) is 4.01. The minimum absolute atomic E-state index is 0.151. The van der Waals surface area contributed by atoms with E-state index in [2.05, 4.69) is 13.8 Å². The van der Waals surface area contributed by atoms with Crippen molar-refractivity contribution in [2.75, 3.05) is 6.54 Å². The Hall–Kier alpha value is -1.97. The predicted octanol–water partition coefficient (Wildman–Crippen LogP) is 4.44. The summed E-state index contributed by atoms with van der Waals surface area (Å²) in [6.07, 6.45) is 4.75. The maximum atomic E-state index is 12.2. The number of carbonyl (C=O) groups excluding carboxylic acids is 1. The second-order valence-electron chi connectivity index (χ2n) is 5.90. The molecule has 0 bridgehead atoms. The molecule has 2 aromatic heterocycles. The van der Waals surface area contributed by atoms with Gasteiger partial charge in [0.1, 0.15) is 11.5 Å². The maximum absolute atomic E-state index is 12.2. The van der Waals surface area contributed by atoms with E-state index in [0.29, 0.717) is 31.3 Å². The Morgan fingerprint density at radius 1 is 1.18 bits per heavy atom. The van der Waals surface area contributed by atoms with Gasteiger partial charge in [-0.2, -0.15) is 0 Å². The van der Waals surface area contributed by atoms with Crippen LogP contribution in [-0.4, -0.2) is 17.4 Å². The van der Waals surface area contributed by atoms with Crippen LogP contribution in [0.3, 0.4) is 0 Å². The lowest BCUT2D eigenvalue weighted by atomic mass is 9.90. The smallest absolute Gasteiger partial charge is 0.222 e. The van der Waals surface area contributed by atoms with Crippen LogP contribution >= 0.6 is 0 Å². The van der Waals surface area contributed by atoms with Gasteiger partial charge in [0, 0.05) is 18.9 Å². The van der Waals surface area contributed by atoms with Gasteiger partial charge >= 0.3 is 0 Å². The maximum Gasteiger partial charge on any atom is 0.222 e. The third kappa shape index (κ3) is 4.26. The number of rotatable bonds is 8. The molecule has 2 heterocycles. The van der Waals surface area contributed by atoms with E-state index in [-0.39, 0.29) is 5.91 Å². The highest BCUT2D eigenvalue weighted by Crippen LogP contribution is 2.28. The van der Waals surface area contributed by atoms with Gasteiger partial charge in [0.05, 0.1) is 19.1 Å². The molecule has 1 atom stereocenters. The van der Waals surface area contributed by atoms with Crippen molar-refractivity contribution < 1.29 is 13.6 Å². The van der Waals surface area contributed by atoms with Crippen molar-refractivity contribution in [2.24, 2.45) is 5.92 Å². The van der Waals surface area contributed by atoms with Crippen molar-refractivity contribution in [3.05, 3.63) is 48.3 Å². The molecule has 0 spiro atoms. The summed E-state index contributed by atoms with van der Waals surface area (Å²) < 4.78 is 10.9. The fraction of sp³-hybridized carbons (Fsp3) is 0.500. The zero-order valence-electron chi connectivity index (χ0n) is 13.6. The summed E-state index contributed by atoms with van der Waals surface area (Å²) in [6, 6.07) is 7.69. The van der Waals surface area contributed by atoms with Gasteiger partial charge in [-0.3, -0.25) is 4.79 Å². The molecule has 0 aliphatic carbocycles. The summed E-state index contributed by atoms with van der Waals surface area (Å²) >= 11 is 0. The van der Waals surface area contributed by atoms with Crippen LogP contribution in [0.15, 0.2) is 45.6 Å². The zero-order chi connectivity index (χ0) is 15.9. The van der Waals surface area contributed by atoms with Gasteiger partial charge in [-0.1, -0.05) is 20.8 Å². The molecule has 2 rings (SSSR count). The first-order valence-electron chi connectivity index (χ1n) is 7.95. The minimum Gasteiger partial charge on any atom is -0.469 e. The lowest BCUT2D eigenvalue weighted by Crippen LogP contribution is -2.32. The molecule has 0 fully saturated rings. The second-order valence-corrected chi connectivity index (χ2v) is 5.90. The molecule has 22 heavy (non-hydrogen) atoms. The summed E-state index contributed by atoms with van der Waals surface area (Å²) in [6.45, 7) is 7.50. The molecular weight excluding hydrogens is 278 g/mol. The monoisotopic (exact) mass is 303 g/mol. The SMILES string of the molecule is CCC(=O)N(CCC(c1ccco1)C(C)C)Cc1ccco1. The Bertz CT molecular complexity index is 543. The van der Waals surface area contributed by atoms with Crippen LogP contribution in [0, 0.1) is 5.92 Å². The third-order valence-electron chi connectivity index (χ3n) is 4.01. The van der Waals surface area contributed by atoms with Gasteiger partial charge in [-0.15, -0.1) is 0 Å². The molecule has 0 saturated heterocycles. The summed E-state index contributed by atoms with van der Waals surface area (Å²) in [5, 5.41) is 0. The molecular formula is C18H25NO3. The largest absolute Gasteiger partial charge is 0.469 e. The van der Waals surface area contributed by atoms with E-state index in [1.807, 2.05) is 36.1 Å². The molecule has 2 aromatic rings. The van der Waals surface area contributed by atoms with Gasteiger partial charge in [0.15, 0.2) is 0 Å². The summed E-state index contributed by atoms with van der Waals surface area (Å²) in [5.41, 5.74) is 0. The van der Waals surface area contributed by atoms with E-state index in [9.17, 15) is 4.79 Å². The highest BCUT2D eigenvalue weighted by molar-refractivity contribution is 5.75. The molecule has 0 saturated carbocycles. The van der Waals surface area contributed by atoms with Crippen LogP contribution in [0.1, 0.15) is 51.1 Å². The second kappa shape index (κ2) is 7.87. The van der Waals surface area contributed by atoms with Crippen LogP contribution in [0.25, 0.3) is 0 Å². The first-order chi connectivity index (χ1) is 10.6. The van der Waals surface area contributed by atoms with Crippen molar-refractivity contribution in [1.29, 1.82) is 0 Å². The standard InChI is InChI=1S/C18H25NO3/c1-4-18(20)19(13-15-7-5-11-21-15)10-9-16(14(2)3)17-8-6-12-22-17/h5-8,11-12,14,16H,4,9-10,13H2,1-3H3. The van der Waals surface area contributed by atoms with Gasteiger partial charge in [-0.05, 0) is 36.6 Å². The molecule has 1 amide bonds. The van der Waals surface area contributed by atoms with Gasteiger partial charge in [0.25, 0.3) is 0 Å². The van der Waals surface area contributed by atoms with Gasteiger partial charge in [0.2, 0.25) is 5.91 Å². The molecule has 1 unspecified atom stereocenters. The fourth-order valence-electron chi connectivity index (χ4n) is 2.71. The fourth-order valence-corrected chi connectivity index (χ4v) is 2.71. The molecule has 0 aromatic carbocycles. The van der Waals surface area contributed by atoms with Crippen LogP contribution in [-0.2, 0) is 11.3 Å². The van der Waals surface area contributed by atoms with Crippen LogP contribution in [0.2, 0.25) is 0 Å². The Morgan fingerprint density at radius 2 is 1.91 bits per heavy atom. The highest BCUT2D eigenvalue weighted by atomic mass is 16.3. The van der Waals surface area contributed by atoms with Crippen molar-refractivity contribution in [2.45, 2.75) is 46.1 Å². The molecule has 0 radical (unpaired) electrons. The Morgan fingerprint density at radius 3 is 2.45 bits per heavy atom. The zero-order valence-corrected chi connectivity index (χ0v) is 13.6. The molecule has 4 nitrogen and oxygen atoms in total. The molecule has 0 aliphatic rings. The first-order valence-corrected chi connectivity index (χ1v) is 7.95. The average Bonchev–Trinajstić information content (AvgIpc) is 3.18. The lowest BCUT2D eigenvalue weighted by molar-refractivity contribution is -0.131. The minimum atomic E-state index is 0.151. The molecule has 0 N–H and O–H groups in total. The van der Waals surface area contributed by atoms with E-state index in [4.69, 9.17) is 8.83 Å². The van der Waals surface area contributed by atoms with E-state index in [1.165, 1.54) is 0 Å². The number of nitrogens with zero attached hydrogens (tertiary/aromatic N) is 1. The van der Waals surface area contributed by atoms with Crippen molar-refractivity contribution >= 4 is 5.91 Å². The summed E-state index contributed by atoms with van der Waals surface area (Å²) in [7, 11) is 0. The summed E-state index contributed by atoms with van der Waals surface area (Å²) in [4.78, 5) is 14.0. The van der Waals surface area contributed by atoms with E-state index in [0.717, 1.165) is 17.9 Å². The molecule has 120 valence electrons. The molecule has 4 heteroatoms. The number of furan rings is 2. The van der Waals surface area contributed by atoms with Crippen LogP contribution < -0.4 is 0 Å².